The van der Waals surface area contributed by atoms with Gasteiger partial charge in [0.2, 0.25) is 0 Å². The SMILES string of the molecule is C[C@@H]1CC(=O)Cc2cccc(N3CCCc4cc(Br)c(C(F)F)cc43)c2N1. The highest BCUT2D eigenvalue weighted by Crippen LogP contribution is 2.43. The Morgan fingerprint density at radius 2 is 2.04 bits per heavy atom. The highest BCUT2D eigenvalue weighted by Gasteiger charge is 2.27. The lowest BCUT2D eigenvalue weighted by molar-refractivity contribution is -0.118. The molecule has 142 valence electrons. The summed E-state index contributed by atoms with van der Waals surface area (Å²) in [6.07, 6.45) is 0.186. The average molecular weight is 435 g/mol. The van der Waals surface area contributed by atoms with Gasteiger partial charge < -0.3 is 10.2 Å². The molecule has 0 aliphatic carbocycles. The number of alkyl halides is 2. The number of rotatable bonds is 2. The molecule has 0 unspecified atom stereocenters. The van der Waals surface area contributed by atoms with Crippen molar-refractivity contribution < 1.29 is 13.6 Å². The maximum atomic E-state index is 13.5. The van der Waals surface area contributed by atoms with Crippen LogP contribution < -0.4 is 10.2 Å². The smallest absolute Gasteiger partial charge is 0.265 e. The van der Waals surface area contributed by atoms with Crippen molar-refractivity contribution in [2.24, 2.45) is 0 Å². The lowest BCUT2D eigenvalue weighted by Gasteiger charge is -2.34. The summed E-state index contributed by atoms with van der Waals surface area (Å²) in [4.78, 5) is 14.3. The van der Waals surface area contributed by atoms with Crippen molar-refractivity contribution in [2.45, 2.75) is 45.1 Å². The van der Waals surface area contributed by atoms with Crippen molar-refractivity contribution in [3.63, 3.8) is 0 Å². The number of hydrogen-bond acceptors (Lipinski definition) is 3. The largest absolute Gasteiger partial charge is 0.380 e. The number of para-hydroxylation sites is 1. The van der Waals surface area contributed by atoms with Crippen molar-refractivity contribution in [1.82, 2.24) is 0 Å². The Balaban J connectivity index is 1.84. The molecule has 0 spiro atoms. The molecule has 0 radical (unpaired) electrons. The number of Topliss-reactive ketones (excluding diaryl/α,β-unsaturated/α-hetero) is 1. The molecule has 2 aromatic carbocycles. The van der Waals surface area contributed by atoms with Crippen LogP contribution in [0, 0.1) is 0 Å². The van der Waals surface area contributed by atoms with Crippen molar-refractivity contribution in [1.29, 1.82) is 0 Å². The van der Waals surface area contributed by atoms with Crippen molar-refractivity contribution in [2.75, 3.05) is 16.8 Å². The van der Waals surface area contributed by atoms with Gasteiger partial charge in [0.15, 0.2) is 0 Å². The van der Waals surface area contributed by atoms with E-state index in [2.05, 4.69) is 26.1 Å². The summed E-state index contributed by atoms with van der Waals surface area (Å²) in [6.45, 7) is 2.76. The van der Waals surface area contributed by atoms with Crippen LogP contribution in [-0.4, -0.2) is 18.4 Å². The first-order chi connectivity index (χ1) is 12.9. The molecular formula is C21H21BrF2N2O. The fourth-order valence-corrected chi connectivity index (χ4v) is 4.65. The highest BCUT2D eigenvalue weighted by atomic mass is 79.9. The van der Waals surface area contributed by atoms with E-state index in [1.165, 1.54) is 0 Å². The normalized spacial score (nSPS) is 19.4. The maximum absolute atomic E-state index is 13.5. The molecule has 1 N–H and O–H groups in total. The number of carbonyl (C=O) groups excluding carboxylic acids is 1. The van der Waals surface area contributed by atoms with E-state index < -0.39 is 6.43 Å². The van der Waals surface area contributed by atoms with Crippen LogP contribution in [0.1, 0.15) is 42.9 Å². The van der Waals surface area contributed by atoms with Crippen LogP contribution in [0.2, 0.25) is 0 Å². The number of hydrogen-bond donors (Lipinski definition) is 1. The minimum Gasteiger partial charge on any atom is -0.380 e. The second kappa shape index (κ2) is 7.23. The molecule has 2 aliphatic heterocycles. The summed E-state index contributed by atoms with van der Waals surface area (Å²) < 4.78 is 27.4. The minimum absolute atomic E-state index is 0.0131. The quantitative estimate of drug-likeness (QED) is 0.649. The van der Waals surface area contributed by atoms with Gasteiger partial charge in [-0.2, -0.15) is 0 Å². The molecule has 0 aromatic heterocycles. The van der Waals surface area contributed by atoms with Crippen LogP contribution in [0.3, 0.4) is 0 Å². The predicted octanol–water partition coefficient (Wildman–Crippen LogP) is 5.79. The molecule has 27 heavy (non-hydrogen) atoms. The van der Waals surface area contributed by atoms with Gasteiger partial charge in [0, 0.05) is 41.2 Å². The first kappa shape index (κ1) is 18.4. The maximum Gasteiger partial charge on any atom is 0.265 e. The van der Waals surface area contributed by atoms with Gasteiger partial charge in [0.05, 0.1) is 11.4 Å². The van der Waals surface area contributed by atoms with Gasteiger partial charge in [-0.15, -0.1) is 0 Å². The van der Waals surface area contributed by atoms with E-state index in [0.29, 0.717) is 17.3 Å². The first-order valence-corrected chi connectivity index (χ1v) is 10.0. The number of halogens is 3. The zero-order chi connectivity index (χ0) is 19.1. The number of nitrogens with zero attached hydrogens (tertiary/aromatic N) is 1. The molecule has 3 nitrogen and oxygen atoms in total. The lowest BCUT2D eigenvalue weighted by atomic mass is 9.97. The lowest BCUT2D eigenvalue weighted by Crippen LogP contribution is -2.26. The molecule has 1 atom stereocenters. The third kappa shape index (κ3) is 3.47. The van der Waals surface area contributed by atoms with E-state index in [1.807, 2.05) is 31.2 Å². The van der Waals surface area contributed by atoms with E-state index in [9.17, 15) is 13.6 Å². The molecule has 0 saturated heterocycles. The van der Waals surface area contributed by atoms with Crippen LogP contribution in [0.4, 0.5) is 25.8 Å². The zero-order valence-corrected chi connectivity index (χ0v) is 16.7. The fourth-order valence-electron chi connectivity index (χ4n) is 4.09. The average Bonchev–Trinajstić information content (AvgIpc) is 2.76. The third-order valence-corrected chi connectivity index (χ3v) is 5.97. The molecule has 0 fully saturated rings. The van der Waals surface area contributed by atoms with Crippen LogP contribution in [0.15, 0.2) is 34.8 Å². The Labute approximate surface area is 165 Å². The molecule has 0 bridgehead atoms. The summed E-state index contributed by atoms with van der Waals surface area (Å²) in [5, 5.41) is 3.48. The zero-order valence-electron chi connectivity index (χ0n) is 15.1. The molecule has 2 aliphatic rings. The summed E-state index contributed by atoms with van der Waals surface area (Å²) in [6, 6.07) is 9.40. The standard InChI is InChI=1S/C21H21BrF2N2O/c1-12-8-15(27)9-14-4-2-6-18(20(14)25-12)26-7-3-5-13-10-17(22)16(21(23)24)11-19(13)26/h2,4,6,10-12,21,25H,3,5,7-9H2,1H3/t12-/m1/s1. The van der Waals surface area contributed by atoms with Gasteiger partial charge in [0.1, 0.15) is 5.78 Å². The van der Waals surface area contributed by atoms with Gasteiger partial charge >= 0.3 is 0 Å². The molecule has 6 heteroatoms. The molecule has 2 heterocycles. The Morgan fingerprint density at radius 1 is 1.22 bits per heavy atom. The van der Waals surface area contributed by atoms with E-state index in [1.54, 1.807) is 6.07 Å². The Hall–Kier alpha value is -1.95. The first-order valence-electron chi connectivity index (χ1n) is 9.22. The monoisotopic (exact) mass is 434 g/mol. The second-order valence-electron chi connectivity index (χ2n) is 7.33. The topological polar surface area (TPSA) is 32.3 Å². The fraction of sp³-hybridized carbons (Fsp3) is 0.381. The van der Waals surface area contributed by atoms with Gasteiger partial charge in [-0.25, -0.2) is 8.78 Å². The number of fused-ring (bicyclic) bond motifs is 2. The van der Waals surface area contributed by atoms with E-state index in [0.717, 1.165) is 47.6 Å². The van der Waals surface area contributed by atoms with Crippen molar-refractivity contribution in [3.8, 4) is 0 Å². The van der Waals surface area contributed by atoms with Gasteiger partial charge in [-0.3, -0.25) is 4.79 Å². The number of aryl methyl sites for hydroxylation is 1. The van der Waals surface area contributed by atoms with Crippen LogP contribution >= 0.6 is 15.9 Å². The van der Waals surface area contributed by atoms with Crippen LogP contribution in [-0.2, 0) is 17.6 Å². The number of nitrogens with one attached hydrogen (secondary N) is 1. The van der Waals surface area contributed by atoms with E-state index in [4.69, 9.17) is 0 Å². The third-order valence-electron chi connectivity index (χ3n) is 5.28. The molecular weight excluding hydrogens is 414 g/mol. The summed E-state index contributed by atoms with van der Waals surface area (Å²) in [7, 11) is 0. The molecule has 0 amide bonds. The number of anilines is 3. The summed E-state index contributed by atoms with van der Waals surface area (Å²) in [5.41, 5.74) is 4.79. The molecule has 4 rings (SSSR count). The Bertz CT molecular complexity index is 900. The molecule has 0 saturated carbocycles. The minimum atomic E-state index is -2.53. The van der Waals surface area contributed by atoms with E-state index in [-0.39, 0.29) is 17.4 Å². The summed E-state index contributed by atoms with van der Waals surface area (Å²) in [5.74, 6) is 0.217. The van der Waals surface area contributed by atoms with Crippen LogP contribution in [0.5, 0.6) is 0 Å². The Morgan fingerprint density at radius 3 is 2.81 bits per heavy atom. The second-order valence-corrected chi connectivity index (χ2v) is 8.19. The van der Waals surface area contributed by atoms with E-state index >= 15 is 0 Å². The highest BCUT2D eigenvalue weighted by molar-refractivity contribution is 9.10. The van der Waals surface area contributed by atoms with Crippen LogP contribution in [0.25, 0.3) is 0 Å². The Kier molecular flexibility index (Phi) is 4.93. The van der Waals surface area contributed by atoms with Gasteiger partial charge in [-0.05, 0) is 49.1 Å². The number of carbonyl (C=O) groups is 1. The number of ketones is 1. The summed E-state index contributed by atoms with van der Waals surface area (Å²) >= 11 is 3.29. The van der Waals surface area contributed by atoms with Gasteiger partial charge in [-0.1, -0.05) is 28.1 Å². The van der Waals surface area contributed by atoms with Crippen molar-refractivity contribution in [3.05, 3.63) is 51.5 Å². The van der Waals surface area contributed by atoms with Crippen molar-refractivity contribution >= 4 is 38.8 Å². The van der Waals surface area contributed by atoms with Gasteiger partial charge in [0.25, 0.3) is 6.43 Å². The molecule has 2 aromatic rings. The number of benzene rings is 2. The predicted molar refractivity (Wildman–Crippen MR) is 107 cm³/mol.